The fraction of sp³-hybridized carbons (Fsp3) is 0.643. The quantitative estimate of drug-likeness (QED) is 0.866. The van der Waals surface area contributed by atoms with E-state index in [1.807, 2.05) is 6.20 Å². The van der Waals surface area contributed by atoms with E-state index in [0.717, 1.165) is 17.6 Å². The first-order valence-electron chi connectivity index (χ1n) is 6.94. The van der Waals surface area contributed by atoms with Gasteiger partial charge in [0.1, 0.15) is 0 Å². The van der Waals surface area contributed by atoms with E-state index in [0.29, 0.717) is 6.54 Å². The van der Waals surface area contributed by atoms with Gasteiger partial charge in [0.25, 0.3) is 0 Å². The third-order valence-corrected chi connectivity index (χ3v) is 4.27. The monoisotopic (exact) mass is 326 g/mol. The standard InChI is InChI=1S/C14H23BrN4/c1-18(6-7-19-4-2-3-5-19)14(9-16)12-8-13(15)11-17-10-12/h8,10-11,14H,2-7,9,16H2,1H3. The van der Waals surface area contributed by atoms with Gasteiger partial charge in [0, 0.05) is 42.5 Å². The lowest BCUT2D eigenvalue weighted by Gasteiger charge is -2.29. The maximum absolute atomic E-state index is 5.94. The Hall–Kier alpha value is -0.490. The number of halogens is 1. The third-order valence-electron chi connectivity index (χ3n) is 3.83. The summed E-state index contributed by atoms with van der Waals surface area (Å²) in [7, 11) is 2.15. The van der Waals surface area contributed by atoms with E-state index in [1.165, 1.54) is 31.5 Å². The lowest BCUT2D eigenvalue weighted by Crippen LogP contribution is -2.36. The van der Waals surface area contributed by atoms with Crippen LogP contribution in [0.4, 0.5) is 0 Å². The Bertz CT molecular complexity index is 393. The number of nitrogens with two attached hydrogens (primary N) is 1. The van der Waals surface area contributed by atoms with Crippen LogP contribution < -0.4 is 5.73 Å². The fourth-order valence-corrected chi connectivity index (χ4v) is 3.02. The van der Waals surface area contributed by atoms with Crippen molar-refractivity contribution >= 4 is 15.9 Å². The van der Waals surface area contributed by atoms with Crippen molar-refractivity contribution < 1.29 is 0 Å². The third kappa shape index (κ3) is 4.24. The van der Waals surface area contributed by atoms with Crippen LogP contribution in [0.15, 0.2) is 22.9 Å². The van der Waals surface area contributed by atoms with Crippen molar-refractivity contribution in [3.05, 3.63) is 28.5 Å². The molecule has 1 aliphatic rings. The molecule has 0 spiro atoms. The number of aromatic nitrogens is 1. The van der Waals surface area contributed by atoms with Crippen LogP contribution in [0, 0.1) is 0 Å². The summed E-state index contributed by atoms with van der Waals surface area (Å²) in [5, 5.41) is 0. The van der Waals surface area contributed by atoms with E-state index in [9.17, 15) is 0 Å². The van der Waals surface area contributed by atoms with Crippen molar-refractivity contribution in [2.45, 2.75) is 18.9 Å². The van der Waals surface area contributed by atoms with E-state index in [-0.39, 0.29) is 6.04 Å². The highest BCUT2D eigenvalue weighted by atomic mass is 79.9. The zero-order chi connectivity index (χ0) is 13.7. The Morgan fingerprint density at radius 1 is 1.42 bits per heavy atom. The summed E-state index contributed by atoms with van der Waals surface area (Å²) >= 11 is 3.47. The van der Waals surface area contributed by atoms with E-state index in [4.69, 9.17) is 5.73 Å². The molecule has 0 aliphatic carbocycles. The molecule has 2 heterocycles. The van der Waals surface area contributed by atoms with E-state index in [2.05, 4.69) is 43.8 Å². The SMILES string of the molecule is CN(CCN1CCCC1)C(CN)c1cncc(Br)c1. The molecule has 19 heavy (non-hydrogen) atoms. The maximum atomic E-state index is 5.94. The van der Waals surface area contributed by atoms with Crippen LogP contribution in [-0.4, -0.2) is 54.6 Å². The first-order chi connectivity index (χ1) is 9.20. The lowest BCUT2D eigenvalue weighted by atomic mass is 10.1. The van der Waals surface area contributed by atoms with Crippen molar-refractivity contribution in [2.24, 2.45) is 5.73 Å². The second-order valence-corrected chi connectivity index (χ2v) is 6.13. The van der Waals surface area contributed by atoms with Crippen LogP contribution in [-0.2, 0) is 0 Å². The molecule has 2 N–H and O–H groups in total. The number of likely N-dealkylation sites (tertiary alicyclic amines) is 1. The second-order valence-electron chi connectivity index (χ2n) is 5.22. The van der Waals surface area contributed by atoms with Gasteiger partial charge in [0.05, 0.1) is 0 Å². The summed E-state index contributed by atoms with van der Waals surface area (Å²) in [6.07, 6.45) is 6.41. The molecule has 0 radical (unpaired) electrons. The fourth-order valence-electron chi connectivity index (χ4n) is 2.64. The number of rotatable bonds is 6. The van der Waals surface area contributed by atoms with Crippen LogP contribution >= 0.6 is 15.9 Å². The van der Waals surface area contributed by atoms with Gasteiger partial charge in [-0.1, -0.05) is 0 Å². The number of hydrogen-bond donors (Lipinski definition) is 1. The Kier molecular flexibility index (Phi) is 5.76. The predicted octanol–water partition coefficient (Wildman–Crippen LogP) is 1.87. The highest BCUT2D eigenvalue weighted by molar-refractivity contribution is 9.10. The maximum Gasteiger partial charge on any atom is 0.0483 e. The highest BCUT2D eigenvalue weighted by Crippen LogP contribution is 2.20. The molecule has 106 valence electrons. The molecule has 0 saturated carbocycles. The zero-order valence-electron chi connectivity index (χ0n) is 11.6. The van der Waals surface area contributed by atoms with Crippen LogP contribution in [0.2, 0.25) is 0 Å². The lowest BCUT2D eigenvalue weighted by molar-refractivity contribution is 0.209. The van der Waals surface area contributed by atoms with Gasteiger partial charge in [-0.05, 0) is 60.5 Å². The molecule has 1 saturated heterocycles. The Morgan fingerprint density at radius 2 is 2.16 bits per heavy atom. The summed E-state index contributed by atoms with van der Waals surface area (Å²) in [4.78, 5) is 9.10. The number of likely N-dealkylation sites (N-methyl/N-ethyl adjacent to an activating group) is 1. The van der Waals surface area contributed by atoms with Gasteiger partial charge in [-0.15, -0.1) is 0 Å². The average molecular weight is 327 g/mol. The largest absolute Gasteiger partial charge is 0.329 e. The molecule has 1 aromatic rings. The molecule has 1 fully saturated rings. The van der Waals surface area contributed by atoms with Gasteiger partial charge in [0.2, 0.25) is 0 Å². The van der Waals surface area contributed by atoms with Gasteiger partial charge in [-0.25, -0.2) is 0 Å². The minimum absolute atomic E-state index is 0.243. The molecule has 0 aromatic carbocycles. The molecule has 0 bridgehead atoms. The van der Waals surface area contributed by atoms with Gasteiger partial charge in [0.15, 0.2) is 0 Å². The molecule has 5 heteroatoms. The average Bonchev–Trinajstić information content (AvgIpc) is 2.90. The zero-order valence-corrected chi connectivity index (χ0v) is 13.1. The Morgan fingerprint density at radius 3 is 2.79 bits per heavy atom. The second kappa shape index (κ2) is 7.33. The first-order valence-corrected chi connectivity index (χ1v) is 7.73. The molecule has 1 unspecified atom stereocenters. The van der Waals surface area contributed by atoms with E-state index in [1.54, 1.807) is 6.20 Å². The van der Waals surface area contributed by atoms with Crippen molar-refractivity contribution in [2.75, 3.05) is 39.8 Å². The van der Waals surface area contributed by atoms with Gasteiger partial charge in [-0.3, -0.25) is 9.88 Å². The summed E-state index contributed by atoms with van der Waals surface area (Å²) in [5.74, 6) is 0. The van der Waals surface area contributed by atoms with Crippen LogP contribution in [0.25, 0.3) is 0 Å². The van der Waals surface area contributed by atoms with Gasteiger partial charge >= 0.3 is 0 Å². The van der Waals surface area contributed by atoms with Crippen LogP contribution in [0.3, 0.4) is 0 Å². The normalized spacial score (nSPS) is 18.1. The first kappa shape index (κ1) is 14.9. The molecule has 0 amide bonds. The minimum Gasteiger partial charge on any atom is -0.329 e. The Balaban J connectivity index is 1.92. The van der Waals surface area contributed by atoms with Crippen molar-refractivity contribution in [3.8, 4) is 0 Å². The Labute approximate surface area is 124 Å². The van der Waals surface area contributed by atoms with Gasteiger partial charge < -0.3 is 10.6 Å². The highest BCUT2D eigenvalue weighted by Gasteiger charge is 2.18. The smallest absolute Gasteiger partial charge is 0.0483 e. The van der Waals surface area contributed by atoms with Crippen molar-refractivity contribution in [3.63, 3.8) is 0 Å². The molecule has 2 rings (SSSR count). The molecule has 1 atom stereocenters. The number of pyridine rings is 1. The molecule has 4 nitrogen and oxygen atoms in total. The minimum atomic E-state index is 0.243. The summed E-state index contributed by atoms with van der Waals surface area (Å²) in [5.41, 5.74) is 7.12. The molecular weight excluding hydrogens is 304 g/mol. The molecule has 1 aliphatic heterocycles. The molecule has 1 aromatic heterocycles. The summed E-state index contributed by atoms with van der Waals surface area (Å²) < 4.78 is 1.01. The summed E-state index contributed by atoms with van der Waals surface area (Å²) in [6, 6.07) is 2.35. The topological polar surface area (TPSA) is 45.4 Å². The van der Waals surface area contributed by atoms with E-state index < -0.39 is 0 Å². The number of hydrogen-bond acceptors (Lipinski definition) is 4. The van der Waals surface area contributed by atoms with Gasteiger partial charge in [-0.2, -0.15) is 0 Å². The molecular formula is C14H23BrN4. The van der Waals surface area contributed by atoms with Crippen LogP contribution in [0.1, 0.15) is 24.4 Å². The van der Waals surface area contributed by atoms with E-state index >= 15 is 0 Å². The summed E-state index contributed by atoms with van der Waals surface area (Å²) in [6.45, 7) is 5.30. The van der Waals surface area contributed by atoms with Crippen molar-refractivity contribution in [1.82, 2.24) is 14.8 Å². The predicted molar refractivity (Wildman–Crippen MR) is 82.0 cm³/mol. The number of nitrogens with zero attached hydrogens (tertiary/aromatic N) is 3. The van der Waals surface area contributed by atoms with Crippen LogP contribution in [0.5, 0.6) is 0 Å². The van der Waals surface area contributed by atoms with Crippen molar-refractivity contribution in [1.29, 1.82) is 0 Å².